The van der Waals surface area contributed by atoms with Crippen molar-refractivity contribution in [1.29, 1.82) is 0 Å². The van der Waals surface area contributed by atoms with Gasteiger partial charge in [-0.15, -0.1) is 0 Å². The maximum absolute atomic E-state index is 14.2. The summed E-state index contributed by atoms with van der Waals surface area (Å²) in [5.41, 5.74) is 1.72. The van der Waals surface area contributed by atoms with E-state index in [0.29, 0.717) is 40.2 Å². The van der Waals surface area contributed by atoms with Crippen LogP contribution in [0.1, 0.15) is 25.3 Å². The lowest BCUT2D eigenvalue weighted by molar-refractivity contribution is -0.129. The Balaban J connectivity index is 1.50. The van der Waals surface area contributed by atoms with E-state index in [2.05, 4.69) is 10.3 Å². The summed E-state index contributed by atoms with van der Waals surface area (Å²) in [5, 5.41) is 3.17. The fourth-order valence-electron chi connectivity index (χ4n) is 3.70. The molecule has 1 heterocycles. The summed E-state index contributed by atoms with van der Waals surface area (Å²) in [6.07, 6.45) is 1.23. The van der Waals surface area contributed by atoms with Crippen LogP contribution < -0.4 is 10.1 Å². The van der Waals surface area contributed by atoms with Gasteiger partial charge in [0.25, 0.3) is 0 Å². The van der Waals surface area contributed by atoms with Crippen LogP contribution >= 0.6 is 23.4 Å². The Morgan fingerprint density at radius 3 is 2.57 bits per heavy atom. The smallest absolute Gasteiger partial charge is 0.238 e. The largest absolute Gasteiger partial charge is 0.494 e. The molecule has 3 aromatic carbocycles. The molecule has 1 aliphatic heterocycles. The molecule has 6 nitrogen and oxygen atoms in total. The first-order valence-corrected chi connectivity index (χ1v) is 13.3. The molecule has 0 radical (unpaired) electrons. The van der Waals surface area contributed by atoms with E-state index in [0.717, 1.165) is 12.2 Å². The number of halogens is 2. The molecule has 37 heavy (non-hydrogen) atoms. The first kappa shape index (κ1) is 26.7. The molecule has 1 N–H and O–H groups in total. The molecule has 0 bridgehead atoms. The van der Waals surface area contributed by atoms with E-state index in [-0.39, 0.29) is 30.6 Å². The highest BCUT2D eigenvalue weighted by Gasteiger charge is 2.36. The number of ether oxygens (including phenoxy) is 1. The van der Waals surface area contributed by atoms with E-state index in [9.17, 15) is 14.0 Å². The molecule has 3 aromatic rings. The maximum atomic E-state index is 14.2. The molecule has 0 saturated carbocycles. The Kier molecular flexibility index (Phi) is 9.19. The monoisotopic (exact) mass is 539 g/mol. The molecule has 192 valence electrons. The van der Waals surface area contributed by atoms with Gasteiger partial charge in [-0.2, -0.15) is 0 Å². The highest BCUT2D eigenvalue weighted by molar-refractivity contribution is 8.15. The number of benzene rings is 3. The summed E-state index contributed by atoms with van der Waals surface area (Å²) >= 11 is 7.22. The Bertz CT molecular complexity index is 1270. The third-order valence-corrected chi connectivity index (χ3v) is 7.08. The highest BCUT2D eigenvalue weighted by atomic mass is 35.5. The van der Waals surface area contributed by atoms with Gasteiger partial charge in [-0.1, -0.05) is 48.5 Å². The fraction of sp³-hybridized carbons (Fsp3) is 0.250. The average Bonchev–Trinajstić information content (AvgIpc) is 2.90. The molecule has 2 amide bonds. The number of nitrogens with zero attached hydrogens (tertiary/aromatic N) is 2. The zero-order valence-electron chi connectivity index (χ0n) is 20.3. The SMILES string of the molecule is CCCOc1ccc(NC(=O)C2CC(=O)N(CCc3ccccc3F)C(=Nc3ccc(Cl)cc3)S2)cc1. The van der Waals surface area contributed by atoms with Gasteiger partial charge >= 0.3 is 0 Å². The van der Waals surface area contributed by atoms with Crippen molar-refractivity contribution in [1.82, 2.24) is 4.90 Å². The fourth-order valence-corrected chi connectivity index (χ4v) is 4.95. The predicted molar refractivity (Wildman–Crippen MR) is 147 cm³/mol. The second kappa shape index (κ2) is 12.7. The summed E-state index contributed by atoms with van der Waals surface area (Å²) in [7, 11) is 0. The van der Waals surface area contributed by atoms with E-state index in [1.54, 1.807) is 66.7 Å². The number of hydrogen-bond acceptors (Lipinski definition) is 5. The summed E-state index contributed by atoms with van der Waals surface area (Å²) < 4.78 is 19.8. The molecule has 1 saturated heterocycles. The minimum Gasteiger partial charge on any atom is -0.494 e. The molecule has 1 unspecified atom stereocenters. The quantitative estimate of drug-likeness (QED) is 0.338. The maximum Gasteiger partial charge on any atom is 0.238 e. The van der Waals surface area contributed by atoms with Gasteiger partial charge in [0.2, 0.25) is 11.8 Å². The lowest BCUT2D eigenvalue weighted by atomic mass is 10.1. The van der Waals surface area contributed by atoms with Crippen LogP contribution in [0.2, 0.25) is 5.02 Å². The van der Waals surface area contributed by atoms with Gasteiger partial charge in [0, 0.05) is 23.7 Å². The van der Waals surface area contributed by atoms with Gasteiger partial charge in [0.15, 0.2) is 5.17 Å². The van der Waals surface area contributed by atoms with Crippen molar-refractivity contribution < 1.29 is 18.7 Å². The van der Waals surface area contributed by atoms with E-state index in [1.807, 2.05) is 6.92 Å². The molecule has 1 fully saturated rings. The van der Waals surface area contributed by atoms with Crippen LogP contribution in [-0.2, 0) is 16.0 Å². The molecule has 0 spiro atoms. The van der Waals surface area contributed by atoms with Crippen molar-refractivity contribution in [2.45, 2.75) is 31.4 Å². The van der Waals surface area contributed by atoms with E-state index in [4.69, 9.17) is 16.3 Å². The van der Waals surface area contributed by atoms with Crippen molar-refractivity contribution in [2.75, 3.05) is 18.5 Å². The number of carbonyl (C=O) groups is 2. The third kappa shape index (κ3) is 7.33. The van der Waals surface area contributed by atoms with Gasteiger partial charge in [-0.05, 0) is 73.0 Å². The molecule has 1 aliphatic rings. The number of carbonyl (C=O) groups excluding carboxylic acids is 2. The van der Waals surface area contributed by atoms with Crippen molar-refractivity contribution in [3.63, 3.8) is 0 Å². The Hall–Kier alpha value is -3.36. The lowest BCUT2D eigenvalue weighted by Crippen LogP contribution is -2.46. The van der Waals surface area contributed by atoms with E-state index < -0.39 is 5.25 Å². The molecular formula is C28H27ClFN3O3S. The number of hydrogen-bond donors (Lipinski definition) is 1. The van der Waals surface area contributed by atoms with Crippen LogP contribution in [0.5, 0.6) is 5.75 Å². The highest BCUT2D eigenvalue weighted by Crippen LogP contribution is 2.31. The summed E-state index contributed by atoms with van der Waals surface area (Å²) in [6, 6.07) is 20.5. The lowest BCUT2D eigenvalue weighted by Gasteiger charge is -2.32. The van der Waals surface area contributed by atoms with Crippen LogP contribution in [0.25, 0.3) is 0 Å². The molecule has 0 aromatic heterocycles. The molecule has 1 atom stereocenters. The number of amides is 2. The van der Waals surface area contributed by atoms with Gasteiger partial charge in [0.1, 0.15) is 16.8 Å². The van der Waals surface area contributed by atoms with Crippen LogP contribution in [-0.4, -0.2) is 40.3 Å². The Morgan fingerprint density at radius 2 is 1.86 bits per heavy atom. The summed E-state index contributed by atoms with van der Waals surface area (Å²) in [6.45, 7) is 2.89. The number of aliphatic imine (C=N–C) groups is 1. The van der Waals surface area contributed by atoms with Crippen molar-refractivity contribution in [2.24, 2.45) is 4.99 Å². The number of rotatable bonds is 9. The van der Waals surface area contributed by atoms with Crippen LogP contribution in [0, 0.1) is 5.82 Å². The van der Waals surface area contributed by atoms with E-state index >= 15 is 0 Å². The first-order valence-electron chi connectivity index (χ1n) is 12.0. The van der Waals surface area contributed by atoms with Gasteiger partial charge in [-0.3, -0.25) is 14.5 Å². The van der Waals surface area contributed by atoms with Gasteiger partial charge in [0.05, 0.1) is 12.3 Å². The number of amidine groups is 1. The number of thioether (sulfide) groups is 1. The molecule has 4 rings (SSSR count). The van der Waals surface area contributed by atoms with Gasteiger partial charge < -0.3 is 10.1 Å². The standard InChI is InChI=1S/C28H27ClFN3O3S/c1-2-17-36-23-13-11-21(12-14-23)31-27(35)25-18-26(34)33(16-15-19-5-3-4-6-24(19)30)28(37-25)32-22-9-7-20(29)8-10-22/h3-14,25H,2,15-18H2,1H3,(H,31,35). The molecule has 0 aliphatic carbocycles. The minimum atomic E-state index is -0.667. The normalized spacial score (nSPS) is 16.6. The topological polar surface area (TPSA) is 71.0 Å². The van der Waals surface area contributed by atoms with Crippen molar-refractivity contribution in [3.8, 4) is 5.75 Å². The number of nitrogens with one attached hydrogen (secondary N) is 1. The molecule has 9 heteroatoms. The van der Waals surface area contributed by atoms with Gasteiger partial charge in [-0.25, -0.2) is 9.38 Å². The average molecular weight is 540 g/mol. The zero-order valence-corrected chi connectivity index (χ0v) is 21.9. The first-order chi connectivity index (χ1) is 17.9. The Labute approximate surface area is 224 Å². The predicted octanol–water partition coefficient (Wildman–Crippen LogP) is 6.47. The van der Waals surface area contributed by atoms with Crippen molar-refractivity contribution in [3.05, 3.63) is 89.2 Å². The van der Waals surface area contributed by atoms with Crippen LogP contribution in [0.3, 0.4) is 0 Å². The zero-order chi connectivity index (χ0) is 26.2. The minimum absolute atomic E-state index is 0.00506. The van der Waals surface area contributed by atoms with E-state index in [1.165, 1.54) is 22.7 Å². The molecular weight excluding hydrogens is 513 g/mol. The second-order valence-electron chi connectivity index (χ2n) is 8.43. The number of anilines is 1. The van der Waals surface area contributed by atoms with Crippen LogP contribution in [0.4, 0.5) is 15.8 Å². The second-order valence-corrected chi connectivity index (χ2v) is 10.0. The summed E-state index contributed by atoms with van der Waals surface area (Å²) in [5.74, 6) is -0.131. The van der Waals surface area contributed by atoms with Crippen LogP contribution in [0.15, 0.2) is 77.8 Å². The van der Waals surface area contributed by atoms with Crippen molar-refractivity contribution >= 4 is 51.7 Å². The third-order valence-electron chi connectivity index (χ3n) is 5.64. The summed E-state index contributed by atoms with van der Waals surface area (Å²) in [4.78, 5) is 32.4. The Morgan fingerprint density at radius 1 is 1.14 bits per heavy atom.